The molecule has 6 nitrogen and oxygen atoms in total. The zero-order valence-corrected chi connectivity index (χ0v) is 12.7. The van der Waals surface area contributed by atoms with Crippen LogP contribution in [-0.4, -0.2) is 55.4 Å². The van der Waals surface area contributed by atoms with E-state index in [1.54, 1.807) is 4.90 Å². The average Bonchev–Trinajstić information content (AvgIpc) is 2.48. The summed E-state index contributed by atoms with van der Waals surface area (Å²) < 4.78 is 10.6. The van der Waals surface area contributed by atoms with E-state index in [1.165, 1.54) is 18.2 Å². The molecule has 21 heavy (non-hydrogen) atoms. The Kier molecular flexibility index (Phi) is 7.56. The number of anilines is 1. The third kappa shape index (κ3) is 5.61. The van der Waals surface area contributed by atoms with Crippen LogP contribution in [-0.2, 0) is 9.47 Å². The largest absolute Gasteiger partial charge is 0.508 e. The number of carbonyl (C=O) groups is 1. The highest BCUT2D eigenvalue weighted by Gasteiger charge is 2.18. The van der Waals surface area contributed by atoms with Crippen molar-refractivity contribution < 1.29 is 19.4 Å². The molecule has 0 atom stereocenters. The average molecular weight is 296 g/mol. The van der Waals surface area contributed by atoms with Gasteiger partial charge in [0, 0.05) is 32.0 Å². The third-order valence-electron chi connectivity index (χ3n) is 2.97. The molecule has 0 unspecified atom stereocenters. The SMILES string of the molecule is CCOCCN(CCOCC)C(=O)c1cc(O)ccc1N. The number of phenolic OH excluding ortho intramolecular Hbond substituents is 1. The maximum absolute atomic E-state index is 12.5. The second-order valence-corrected chi connectivity index (χ2v) is 4.46. The fourth-order valence-electron chi connectivity index (χ4n) is 1.85. The molecule has 0 aliphatic carbocycles. The molecule has 0 aliphatic rings. The van der Waals surface area contributed by atoms with Gasteiger partial charge in [-0.2, -0.15) is 0 Å². The molecule has 3 N–H and O–H groups in total. The van der Waals surface area contributed by atoms with Crippen LogP contribution >= 0.6 is 0 Å². The van der Waals surface area contributed by atoms with Gasteiger partial charge in [0.15, 0.2) is 0 Å². The second-order valence-electron chi connectivity index (χ2n) is 4.46. The Morgan fingerprint density at radius 1 is 1.19 bits per heavy atom. The van der Waals surface area contributed by atoms with Crippen LogP contribution < -0.4 is 5.73 Å². The van der Waals surface area contributed by atoms with E-state index in [4.69, 9.17) is 15.2 Å². The zero-order chi connectivity index (χ0) is 15.7. The summed E-state index contributed by atoms with van der Waals surface area (Å²) in [6.45, 7) is 6.81. The normalized spacial score (nSPS) is 10.6. The van der Waals surface area contributed by atoms with E-state index in [9.17, 15) is 9.90 Å². The van der Waals surface area contributed by atoms with Crippen molar-refractivity contribution in [3.63, 3.8) is 0 Å². The standard InChI is InChI=1S/C15H24N2O4/c1-3-20-9-7-17(8-10-21-4-2)15(19)13-11-12(18)5-6-14(13)16/h5-6,11,18H,3-4,7-10,16H2,1-2H3. The number of hydrogen-bond donors (Lipinski definition) is 2. The molecule has 1 amide bonds. The molecule has 0 heterocycles. The summed E-state index contributed by atoms with van der Waals surface area (Å²) in [5, 5.41) is 9.52. The van der Waals surface area contributed by atoms with E-state index in [2.05, 4.69) is 0 Å². The lowest BCUT2D eigenvalue weighted by Gasteiger charge is -2.23. The molecule has 6 heteroatoms. The van der Waals surface area contributed by atoms with Crippen molar-refractivity contribution in [2.45, 2.75) is 13.8 Å². The van der Waals surface area contributed by atoms with Gasteiger partial charge in [-0.1, -0.05) is 0 Å². The number of nitrogen functional groups attached to an aromatic ring is 1. The summed E-state index contributed by atoms with van der Waals surface area (Å²) >= 11 is 0. The van der Waals surface area contributed by atoms with Gasteiger partial charge in [0.1, 0.15) is 5.75 Å². The summed E-state index contributed by atoms with van der Waals surface area (Å²) in [7, 11) is 0. The molecule has 0 bridgehead atoms. The number of aromatic hydroxyl groups is 1. The number of ether oxygens (including phenoxy) is 2. The van der Waals surface area contributed by atoms with Crippen LogP contribution in [0.5, 0.6) is 5.75 Å². The van der Waals surface area contributed by atoms with Crippen molar-refractivity contribution in [3.05, 3.63) is 23.8 Å². The van der Waals surface area contributed by atoms with Crippen molar-refractivity contribution in [1.82, 2.24) is 4.90 Å². The Balaban J connectivity index is 2.79. The van der Waals surface area contributed by atoms with Crippen molar-refractivity contribution >= 4 is 11.6 Å². The van der Waals surface area contributed by atoms with Crippen LogP contribution in [0.1, 0.15) is 24.2 Å². The molecule has 0 spiro atoms. The first-order valence-electron chi connectivity index (χ1n) is 7.13. The minimum absolute atomic E-state index is 0.0158. The molecule has 1 aromatic rings. The minimum atomic E-state index is -0.234. The van der Waals surface area contributed by atoms with Gasteiger partial charge in [-0.3, -0.25) is 4.79 Å². The minimum Gasteiger partial charge on any atom is -0.508 e. The monoisotopic (exact) mass is 296 g/mol. The van der Waals surface area contributed by atoms with Gasteiger partial charge < -0.3 is 25.2 Å². The second kappa shape index (κ2) is 9.20. The molecule has 0 radical (unpaired) electrons. The molecular formula is C15H24N2O4. The molecule has 0 aromatic heterocycles. The van der Waals surface area contributed by atoms with Gasteiger partial charge in [0.2, 0.25) is 0 Å². The number of hydrogen-bond acceptors (Lipinski definition) is 5. The summed E-state index contributed by atoms with van der Waals surface area (Å²) in [4.78, 5) is 14.2. The Morgan fingerprint density at radius 3 is 2.29 bits per heavy atom. The highest BCUT2D eigenvalue weighted by Crippen LogP contribution is 2.20. The van der Waals surface area contributed by atoms with E-state index >= 15 is 0 Å². The van der Waals surface area contributed by atoms with E-state index in [0.717, 1.165) is 0 Å². The number of phenols is 1. The summed E-state index contributed by atoms with van der Waals surface area (Å²) in [5.41, 5.74) is 6.45. The number of benzene rings is 1. The van der Waals surface area contributed by atoms with Crippen LogP contribution in [0.2, 0.25) is 0 Å². The predicted octanol–water partition coefficient (Wildman–Crippen LogP) is 1.49. The maximum atomic E-state index is 12.5. The molecule has 0 aliphatic heterocycles. The van der Waals surface area contributed by atoms with Gasteiger partial charge in [0.25, 0.3) is 5.91 Å². The van der Waals surface area contributed by atoms with Crippen molar-refractivity contribution in [3.8, 4) is 5.75 Å². The maximum Gasteiger partial charge on any atom is 0.256 e. The summed E-state index contributed by atoms with van der Waals surface area (Å²) in [5.74, 6) is -0.218. The number of nitrogens with zero attached hydrogens (tertiary/aromatic N) is 1. The lowest BCUT2D eigenvalue weighted by atomic mass is 10.1. The molecule has 1 aromatic carbocycles. The molecule has 0 saturated heterocycles. The first kappa shape index (κ1) is 17.3. The van der Waals surface area contributed by atoms with Gasteiger partial charge in [0.05, 0.1) is 18.8 Å². The fourth-order valence-corrected chi connectivity index (χ4v) is 1.85. The van der Waals surface area contributed by atoms with Crippen LogP contribution in [0.4, 0.5) is 5.69 Å². The Hall–Kier alpha value is -1.79. The number of carbonyl (C=O) groups excluding carboxylic acids is 1. The molecule has 118 valence electrons. The highest BCUT2D eigenvalue weighted by molar-refractivity contribution is 5.99. The van der Waals surface area contributed by atoms with Crippen molar-refractivity contribution in [2.24, 2.45) is 0 Å². The summed E-state index contributed by atoms with van der Waals surface area (Å²) in [6.07, 6.45) is 0. The molecule has 0 fully saturated rings. The number of nitrogens with two attached hydrogens (primary N) is 1. The molecule has 1 rings (SSSR count). The smallest absolute Gasteiger partial charge is 0.256 e. The predicted molar refractivity (Wildman–Crippen MR) is 81.4 cm³/mol. The lowest BCUT2D eigenvalue weighted by Crippen LogP contribution is -2.37. The van der Waals surface area contributed by atoms with E-state index in [1.807, 2.05) is 13.8 Å². The first-order chi connectivity index (χ1) is 10.1. The van der Waals surface area contributed by atoms with E-state index < -0.39 is 0 Å². The van der Waals surface area contributed by atoms with Crippen LogP contribution in [0.3, 0.4) is 0 Å². The third-order valence-corrected chi connectivity index (χ3v) is 2.97. The Labute approximate surface area is 125 Å². The first-order valence-corrected chi connectivity index (χ1v) is 7.13. The topological polar surface area (TPSA) is 85.0 Å². The number of rotatable bonds is 9. The van der Waals surface area contributed by atoms with Gasteiger partial charge in [-0.25, -0.2) is 0 Å². The van der Waals surface area contributed by atoms with Crippen LogP contribution in [0.15, 0.2) is 18.2 Å². The number of amides is 1. The van der Waals surface area contributed by atoms with E-state index in [-0.39, 0.29) is 11.7 Å². The molecular weight excluding hydrogens is 272 g/mol. The van der Waals surface area contributed by atoms with Gasteiger partial charge >= 0.3 is 0 Å². The van der Waals surface area contributed by atoms with Crippen LogP contribution in [0.25, 0.3) is 0 Å². The Bertz CT molecular complexity index is 441. The fraction of sp³-hybridized carbons (Fsp3) is 0.533. The Morgan fingerprint density at radius 2 is 1.76 bits per heavy atom. The van der Waals surface area contributed by atoms with E-state index in [0.29, 0.717) is 50.8 Å². The van der Waals surface area contributed by atoms with Crippen molar-refractivity contribution in [2.75, 3.05) is 45.3 Å². The summed E-state index contributed by atoms with van der Waals surface area (Å²) in [6, 6.07) is 4.36. The van der Waals surface area contributed by atoms with Crippen molar-refractivity contribution in [1.29, 1.82) is 0 Å². The van der Waals surface area contributed by atoms with Gasteiger partial charge in [-0.05, 0) is 32.0 Å². The quantitative estimate of drug-likeness (QED) is 0.410. The van der Waals surface area contributed by atoms with Crippen LogP contribution in [0, 0.1) is 0 Å². The lowest BCUT2D eigenvalue weighted by molar-refractivity contribution is 0.0550. The van der Waals surface area contributed by atoms with Gasteiger partial charge in [-0.15, -0.1) is 0 Å². The molecule has 0 saturated carbocycles. The highest BCUT2D eigenvalue weighted by atomic mass is 16.5. The zero-order valence-electron chi connectivity index (χ0n) is 12.7.